The maximum atomic E-state index is 12.5. The second-order valence-corrected chi connectivity index (χ2v) is 5.00. The SMILES string of the molecule is O=C1CN(C(=O)c2cccc3c2CCNC3)CC(=O)N1. The Balaban J connectivity index is 1.91. The first kappa shape index (κ1) is 12.8. The highest BCUT2D eigenvalue weighted by molar-refractivity contribution is 6.06. The summed E-state index contributed by atoms with van der Waals surface area (Å²) in [5.74, 6) is -1.10. The molecular formula is C14H15N3O3. The van der Waals surface area contributed by atoms with Gasteiger partial charge in [-0.2, -0.15) is 0 Å². The monoisotopic (exact) mass is 273 g/mol. The van der Waals surface area contributed by atoms with E-state index in [0.717, 1.165) is 30.6 Å². The maximum Gasteiger partial charge on any atom is 0.255 e. The summed E-state index contributed by atoms with van der Waals surface area (Å²) in [5.41, 5.74) is 2.73. The number of fused-ring (bicyclic) bond motifs is 1. The second-order valence-electron chi connectivity index (χ2n) is 5.00. The lowest BCUT2D eigenvalue weighted by molar-refractivity contribution is -0.135. The Morgan fingerprint density at radius 2 is 1.90 bits per heavy atom. The standard InChI is InChI=1S/C14H15N3O3/c18-12-7-17(8-13(19)16-12)14(20)11-3-1-2-9-6-15-5-4-10(9)11/h1-3,15H,4-8H2,(H,16,18,19). The first-order chi connectivity index (χ1) is 9.65. The van der Waals surface area contributed by atoms with E-state index < -0.39 is 11.8 Å². The van der Waals surface area contributed by atoms with Crippen LogP contribution in [0.5, 0.6) is 0 Å². The highest BCUT2D eigenvalue weighted by atomic mass is 16.2. The van der Waals surface area contributed by atoms with E-state index >= 15 is 0 Å². The molecule has 2 N–H and O–H groups in total. The average Bonchev–Trinajstić information content (AvgIpc) is 2.45. The Morgan fingerprint density at radius 1 is 1.15 bits per heavy atom. The molecule has 0 unspecified atom stereocenters. The van der Waals surface area contributed by atoms with Crippen molar-refractivity contribution in [1.29, 1.82) is 0 Å². The summed E-state index contributed by atoms with van der Waals surface area (Å²) in [5, 5.41) is 5.45. The van der Waals surface area contributed by atoms with Crippen LogP contribution in [-0.4, -0.2) is 42.3 Å². The first-order valence-electron chi connectivity index (χ1n) is 6.58. The summed E-state index contributed by atoms with van der Waals surface area (Å²) >= 11 is 0. The Kier molecular flexibility index (Phi) is 3.23. The van der Waals surface area contributed by atoms with Crippen LogP contribution in [-0.2, 0) is 22.6 Å². The number of carbonyl (C=O) groups excluding carboxylic acids is 3. The molecule has 0 radical (unpaired) electrons. The lowest BCUT2D eigenvalue weighted by atomic mass is 9.94. The van der Waals surface area contributed by atoms with Gasteiger partial charge in [-0.15, -0.1) is 0 Å². The van der Waals surface area contributed by atoms with Gasteiger partial charge in [-0.3, -0.25) is 19.7 Å². The van der Waals surface area contributed by atoms with Crippen LogP contribution in [0.4, 0.5) is 0 Å². The molecule has 6 heteroatoms. The van der Waals surface area contributed by atoms with Gasteiger partial charge in [-0.05, 0) is 30.2 Å². The number of piperazine rings is 1. The number of hydrogen-bond donors (Lipinski definition) is 2. The highest BCUT2D eigenvalue weighted by Gasteiger charge is 2.29. The van der Waals surface area contributed by atoms with Crippen LogP contribution in [0.2, 0.25) is 0 Å². The third-order valence-corrected chi connectivity index (χ3v) is 3.61. The molecule has 20 heavy (non-hydrogen) atoms. The zero-order valence-corrected chi connectivity index (χ0v) is 10.9. The van der Waals surface area contributed by atoms with E-state index in [1.165, 1.54) is 4.90 Å². The van der Waals surface area contributed by atoms with Gasteiger partial charge in [0.15, 0.2) is 0 Å². The normalized spacial score (nSPS) is 18.5. The third kappa shape index (κ3) is 2.30. The smallest absolute Gasteiger partial charge is 0.255 e. The fourth-order valence-electron chi connectivity index (χ4n) is 2.68. The number of imide groups is 1. The van der Waals surface area contributed by atoms with Crippen molar-refractivity contribution < 1.29 is 14.4 Å². The fraction of sp³-hybridized carbons (Fsp3) is 0.357. The lowest BCUT2D eigenvalue weighted by Crippen LogP contribution is -2.53. The van der Waals surface area contributed by atoms with Gasteiger partial charge in [0, 0.05) is 12.1 Å². The molecule has 0 saturated carbocycles. The Morgan fingerprint density at radius 3 is 2.65 bits per heavy atom. The van der Waals surface area contributed by atoms with Gasteiger partial charge in [0.25, 0.3) is 5.91 Å². The molecule has 0 aromatic heterocycles. The number of nitrogens with zero attached hydrogens (tertiary/aromatic N) is 1. The van der Waals surface area contributed by atoms with E-state index in [1.54, 1.807) is 6.07 Å². The molecule has 1 saturated heterocycles. The molecule has 3 amide bonds. The molecule has 104 valence electrons. The summed E-state index contributed by atoms with van der Waals surface area (Å²) in [4.78, 5) is 36.6. The van der Waals surface area contributed by atoms with E-state index in [1.807, 2.05) is 12.1 Å². The van der Waals surface area contributed by atoms with E-state index in [0.29, 0.717) is 5.56 Å². The summed E-state index contributed by atoms with van der Waals surface area (Å²) < 4.78 is 0. The molecule has 2 heterocycles. The minimum atomic E-state index is -0.430. The molecule has 2 aliphatic heterocycles. The number of benzene rings is 1. The predicted octanol–water partition coefficient (Wildman–Crippen LogP) is -0.569. The number of nitrogens with one attached hydrogen (secondary N) is 2. The fourth-order valence-corrected chi connectivity index (χ4v) is 2.68. The zero-order valence-electron chi connectivity index (χ0n) is 10.9. The van der Waals surface area contributed by atoms with E-state index in [4.69, 9.17) is 0 Å². The Labute approximate surface area is 116 Å². The quantitative estimate of drug-likeness (QED) is 0.672. The van der Waals surface area contributed by atoms with Crippen molar-refractivity contribution in [2.24, 2.45) is 0 Å². The number of carbonyl (C=O) groups is 3. The number of amides is 3. The van der Waals surface area contributed by atoms with Gasteiger partial charge < -0.3 is 10.2 Å². The average molecular weight is 273 g/mol. The van der Waals surface area contributed by atoms with Crippen molar-refractivity contribution in [3.8, 4) is 0 Å². The molecule has 6 nitrogen and oxygen atoms in total. The van der Waals surface area contributed by atoms with Gasteiger partial charge in [0.1, 0.15) is 13.1 Å². The highest BCUT2D eigenvalue weighted by Crippen LogP contribution is 2.20. The largest absolute Gasteiger partial charge is 0.320 e. The van der Waals surface area contributed by atoms with Gasteiger partial charge in [0.05, 0.1) is 0 Å². The molecule has 3 rings (SSSR count). The van der Waals surface area contributed by atoms with Crippen LogP contribution < -0.4 is 10.6 Å². The Hall–Kier alpha value is -2.21. The topological polar surface area (TPSA) is 78.5 Å². The Bertz CT molecular complexity index is 581. The summed E-state index contributed by atoms with van der Waals surface area (Å²) in [6.45, 7) is 1.45. The van der Waals surface area contributed by atoms with Crippen LogP contribution in [0, 0.1) is 0 Å². The summed E-state index contributed by atoms with van der Waals surface area (Å²) in [6, 6.07) is 5.60. The molecule has 0 bridgehead atoms. The molecule has 0 atom stereocenters. The molecular weight excluding hydrogens is 258 g/mol. The van der Waals surface area contributed by atoms with Crippen LogP contribution >= 0.6 is 0 Å². The van der Waals surface area contributed by atoms with Crippen LogP contribution in [0.1, 0.15) is 21.5 Å². The van der Waals surface area contributed by atoms with Gasteiger partial charge in [-0.25, -0.2) is 0 Å². The van der Waals surface area contributed by atoms with Crippen molar-refractivity contribution in [3.05, 3.63) is 34.9 Å². The van der Waals surface area contributed by atoms with Gasteiger partial charge in [0.2, 0.25) is 11.8 Å². The number of rotatable bonds is 1. The van der Waals surface area contributed by atoms with Crippen molar-refractivity contribution in [1.82, 2.24) is 15.5 Å². The first-order valence-corrected chi connectivity index (χ1v) is 6.58. The predicted molar refractivity (Wildman–Crippen MR) is 70.9 cm³/mol. The van der Waals surface area contributed by atoms with Crippen LogP contribution in [0.25, 0.3) is 0 Å². The van der Waals surface area contributed by atoms with E-state index in [-0.39, 0.29) is 19.0 Å². The zero-order chi connectivity index (χ0) is 14.1. The lowest BCUT2D eigenvalue weighted by Gasteiger charge is -2.27. The third-order valence-electron chi connectivity index (χ3n) is 3.61. The van der Waals surface area contributed by atoms with E-state index in [2.05, 4.69) is 10.6 Å². The molecule has 0 aliphatic carbocycles. The molecule has 0 spiro atoms. The summed E-state index contributed by atoms with van der Waals surface area (Å²) in [6.07, 6.45) is 0.783. The second kappa shape index (κ2) is 5.05. The van der Waals surface area contributed by atoms with Crippen molar-refractivity contribution in [2.75, 3.05) is 19.6 Å². The van der Waals surface area contributed by atoms with Crippen molar-refractivity contribution >= 4 is 17.7 Å². The van der Waals surface area contributed by atoms with E-state index in [9.17, 15) is 14.4 Å². The van der Waals surface area contributed by atoms with Crippen LogP contribution in [0.15, 0.2) is 18.2 Å². The number of hydrogen-bond acceptors (Lipinski definition) is 4. The molecule has 1 aromatic rings. The minimum absolute atomic E-state index is 0.0630. The summed E-state index contributed by atoms with van der Waals surface area (Å²) in [7, 11) is 0. The van der Waals surface area contributed by atoms with Gasteiger partial charge in [-0.1, -0.05) is 12.1 Å². The minimum Gasteiger partial charge on any atom is -0.320 e. The van der Waals surface area contributed by atoms with Gasteiger partial charge >= 0.3 is 0 Å². The van der Waals surface area contributed by atoms with Crippen molar-refractivity contribution in [2.45, 2.75) is 13.0 Å². The maximum absolute atomic E-state index is 12.5. The molecule has 1 aromatic carbocycles. The van der Waals surface area contributed by atoms with Crippen molar-refractivity contribution in [3.63, 3.8) is 0 Å². The molecule has 2 aliphatic rings. The molecule has 1 fully saturated rings. The van der Waals surface area contributed by atoms with Crippen LogP contribution in [0.3, 0.4) is 0 Å².